The van der Waals surface area contributed by atoms with E-state index in [0.29, 0.717) is 17.5 Å². The van der Waals surface area contributed by atoms with E-state index in [2.05, 4.69) is 59.9 Å². The quantitative estimate of drug-likeness (QED) is 0.837. The zero-order chi connectivity index (χ0) is 16.7. The average Bonchev–Trinajstić information content (AvgIpc) is 3.03. The lowest BCUT2D eigenvalue weighted by Gasteiger charge is -2.55. The number of piperidine rings is 1. The molecule has 1 atom stereocenters. The molecule has 0 aromatic heterocycles. The van der Waals surface area contributed by atoms with Crippen molar-refractivity contribution in [3.63, 3.8) is 0 Å². The smallest absolute Gasteiger partial charge is 0.0415 e. The van der Waals surface area contributed by atoms with Crippen molar-refractivity contribution >= 4 is 5.69 Å². The minimum Gasteiger partial charge on any atom is -0.370 e. The van der Waals surface area contributed by atoms with Gasteiger partial charge in [0.2, 0.25) is 0 Å². The summed E-state index contributed by atoms with van der Waals surface area (Å²) in [6, 6.07) is 10.5. The van der Waals surface area contributed by atoms with Crippen molar-refractivity contribution in [1.29, 1.82) is 0 Å². The van der Waals surface area contributed by atoms with Gasteiger partial charge in [0.1, 0.15) is 0 Å². The summed E-state index contributed by atoms with van der Waals surface area (Å²) in [6.07, 6.45) is 5.42. The molecule has 4 rings (SSSR count). The molecular weight excluding hydrogens is 294 g/mol. The highest BCUT2D eigenvalue weighted by molar-refractivity contribution is 5.58. The number of benzene rings is 1. The molecule has 0 saturated carbocycles. The summed E-state index contributed by atoms with van der Waals surface area (Å²) >= 11 is 0. The number of hydrogen-bond acceptors (Lipinski definition) is 3. The molecule has 3 fully saturated rings. The third-order valence-electron chi connectivity index (χ3n) is 6.69. The van der Waals surface area contributed by atoms with Gasteiger partial charge in [-0.2, -0.15) is 0 Å². The van der Waals surface area contributed by atoms with Crippen molar-refractivity contribution in [3.8, 4) is 0 Å². The van der Waals surface area contributed by atoms with E-state index < -0.39 is 0 Å². The number of nitrogens with zero attached hydrogens (tertiary/aromatic N) is 3. The molecule has 1 spiro atoms. The maximum absolute atomic E-state index is 2.70. The summed E-state index contributed by atoms with van der Waals surface area (Å²) in [5.41, 5.74) is 3.69. The highest BCUT2D eigenvalue weighted by Crippen LogP contribution is 2.46. The fraction of sp³-hybridized carbons (Fsp3) is 0.714. The van der Waals surface area contributed by atoms with Crippen molar-refractivity contribution in [2.24, 2.45) is 5.41 Å². The Kier molecular flexibility index (Phi) is 4.34. The van der Waals surface area contributed by atoms with E-state index in [1.807, 2.05) is 0 Å². The highest BCUT2D eigenvalue weighted by Gasteiger charge is 2.45. The van der Waals surface area contributed by atoms with Crippen LogP contribution in [0.2, 0.25) is 0 Å². The lowest BCUT2D eigenvalue weighted by atomic mass is 9.71. The Morgan fingerprint density at radius 2 is 1.75 bits per heavy atom. The molecule has 3 nitrogen and oxygen atoms in total. The third kappa shape index (κ3) is 2.86. The summed E-state index contributed by atoms with van der Waals surface area (Å²) in [6.45, 7) is 11.0. The third-order valence-corrected chi connectivity index (χ3v) is 6.69. The van der Waals surface area contributed by atoms with Crippen LogP contribution in [0.5, 0.6) is 0 Å². The number of anilines is 1. The van der Waals surface area contributed by atoms with Gasteiger partial charge < -0.3 is 9.80 Å². The minimum atomic E-state index is 0.604. The SMILES string of the molecule is CC(C)N1CCC[C@@H]1c1ccccc1N1CC2(CCN(C)CC2)C1. The van der Waals surface area contributed by atoms with E-state index in [9.17, 15) is 0 Å². The Hall–Kier alpha value is -1.06. The van der Waals surface area contributed by atoms with Crippen LogP contribution in [-0.4, -0.2) is 55.6 Å². The molecule has 0 N–H and O–H groups in total. The molecule has 1 aromatic rings. The molecular formula is C21H33N3. The Morgan fingerprint density at radius 3 is 2.46 bits per heavy atom. The van der Waals surface area contributed by atoms with E-state index >= 15 is 0 Å². The maximum atomic E-state index is 2.70. The van der Waals surface area contributed by atoms with Gasteiger partial charge in [0.25, 0.3) is 0 Å². The number of para-hydroxylation sites is 1. The van der Waals surface area contributed by atoms with E-state index in [4.69, 9.17) is 0 Å². The molecule has 0 unspecified atom stereocenters. The Morgan fingerprint density at radius 1 is 1.04 bits per heavy atom. The summed E-state index contributed by atoms with van der Waals surface area (Å²) in [4.78, 5) is 7.85. The number of likely N-dealkylation sites (tertiary alicyclic amines) is 2. The summed E-state index contributed by atoms with van der Waals surface area (Å²) in [5.74, 6) is 0. The van der Waals surface area contributed by atoms with Crippen LogP contribution < -0.4 is 4.90 Å². The standard InChI is InChI=1S/C21H33N3/c1-17(2)24-12-6-9-20(24)18-7-4-5-8-19(18)23-15-21(16-23)10-13-22(3)14-11-21/h4-5,7-8,17,20H,6,9-16H2,1-3H3/t20-/m1/s1. The van der Waals surface area contributed by atoms with Crippen LogP contribution in [0.4, 0.5) is 5.69 Å². The molecule has 0 radical (unpaired) electrons. The predicted octanol–water partition coefficient (Wildman–Crippen LogP) is 3.76. The first kappa shape index (κ1) is 16.4. The Labute approximate surface area is 147 Å². The van der Waals surface area contributed by atoms with Crippen LogP contribution in [-0.2, 0) is 0 Å². The van der Waals surface area contributed by atoms with Gasteiger partial charge in [-0.1, -0.05) is 18.2 Å². The van der Waals surface area contributed by atoms with Crippen LogP contribution >= 0.6 is 0 Å². The molecule has 3 heterocycles. The van der Waals surface area contributed by atoms with Gasteiger partial charge in [-0.15, -0.1) is 0 Å². The van der Waals surface area contributed by atoms with Gasteiger partial charge in [0.15, 0.2) is 0 Å². The van der Waals surface area contributed by atoms with Gasteiger partial charge in [0, 0.05) is 36.3 Å². The Balaban J connectivity index is 1.51. The van der Waals surface area contributed by atoms with Crippen molar-refractivity contribution in [2.75, 3.05) is 44.7 Å². The fourth-order valence-corrected chi connectivity index (χ4v) is 5.14. The van der Waals surface area contributed by atoms with Gasteiger partial charge in [-0.3, -0.25) is 4.90 Å². The van der Waals surface area contributed by atoms with Gasteiger partial charge in [0.05, 0.1) is 0 Å². The zero-order valence-electron chi connectivity index (χ0n) is 15.7. The van der Waals surface area contributed by atoms with Gasteiger partial charge >= 0.3 is 0 Å². The largest absolute Gasteiger partial charge is 0.370 e. The van der Waals surface area contributed by atoms with Gasteiger partial charge in [-0.05, 0) is 77.8 Å². The normalized spacial score (nSPS) is 27.8. The molecule has 0 amide bonds. The van der Waals surface area contributed by atoms with Gasteiger partial charge in [-0.25, -0.2) is 0 Å². The lowest BCUT2D eigenvalue weighted by Crippen LogP contribution is -2.60. The Bertz CT molecular complexity index is 566. The highest BCUT2D eigenvalue weighted by atomic mass is 15.2. The predicted molar refractivity (Wildman–Crippen MR) is 102 cm³/mol. The van der Waals surface area contributed by atoms with Crippen LogP contribution in [0.3, 0.4) is 0 Å². The molecule has 0 aliphatic carbocycles. The molecule has 3 saturated heterocycles. The van der Waals surface area contributed by atoms with Crippen LogP contribution in [0.25, 0.3) is 0 Å². The molecule has 24 heavy (non-hydrogen) atoms. The van der Waals surface area contributed by atoms with Crippen molar-refractivity contribution in [3.05, 3.63) is 29.8 Å². The molecule has 1 aromatic carbocycles. The summed E-state index contributed by atoms with van der Waals surface area (Å²) < 4.78 is 0. The summed E-state index contributed by atoms with van der Waals surface area (Å²) in [7, 11) is 2.26. The monoisotopic (exact) mass is 327 g/mol. The molecule has 0 bridgehead atoms. The first-order chi connectivity index (χ1) is 11.6. The first-order valence-electron chi connectivity index (χ1n) is 9.86. The maximum Gasteiger partial charge on any atom is 0.0415 e. The zero-order valence-corrected chi connectivity index (χ0v) is 15.7. The van der Waals surface area contributed by atoms with E-state index in [-0.39, 0.29) is 0 Å². The molecule has 3 aliphatic rings. The van der Waals surface area contributed by atoms with Crippen molar-refractivity contribution < 1.29 is 0 Å². The van der Waals surface area contributed by atoms with E-state index in [1.165, 1.54) is 64.1 Å². The second-order valence-corrected chi connectivity index (χ2v) is 8.71. The molecule has 3 aliphatic heterocycles. The molecule has 132 valence electrons. The van der Waals surface area contributed by atoms with Crippen molar-refractivity contribution in [1.82, 2.24) is 9.80 Å². The van der Waals surface area contributed by atoms with Crippen LogP contribution in [0.1, 0.15) is 51.1 Å². The van der Waals surface area contributed by atoms with Crippen LogP contribution in [0.15, 0.2) is 24.3 Å². The second-order valence-electron chi connectivity index (χ2n) is 8.71. The molecule has 3 heteroatoms. The van der Waals surface area contributed by atoms with Crippen LogP contribution in [0, 0.1) is 5.41 Å². The van der Waals surface area contributed by atoms with E-state index in [1.54, 1.807) is 5.56 Å². The fourth-order valence-electron chi connectivity index (χ4n) is 5.14. The van der Waals surface area contributed by atoms with Crippen molar-refractivity contribution in [2.45, 2.75) is 51.6 Å². The number of hydrogen-bond donors (Lipinski definition) is 0. The number of rotatable bonds is 3. The first-order valence-corrected chi connectivity index (χ1v) is 9.86. The topological polar surface area (TPSA) is 9.72 Å². The lowest BCUT2D eigenvalue weighted by molar-refractivity contribution is 0.0902. The summed E-state index contributed by atoms with van der Waals surface area (Å²) in [5, 5.41) is 0. The average molecular weight is 328 g/mol. The second kappa shape index (κ2) is 6.34. The van der Waals surface area contributed by atoms with E-state index in [0.717, 1.165) is 0 Å². The minimum absolute atomic E-state index is 0.604.